The van der Waals surface area contributed by atoms with E-state index in [1.54, 1.807) is 18.2 Å². The van der Waals surface area contributed by atoms with Gasteiger partial charge in [-0.1, -0.05) is 41.9 Å². The molecule has 1 aliphatic rings. The van der Waals surface area contributed by atoms with Gasteiger partial charge in [-0.3, -0.25) is 8.98 Å². The highest BCUT2D eigenvalue weighted by atomic mass is 35.5. The summed E-state index contributed by atoms with van der Waals surface area (Å²) in [4.78, 5) is 21.9. The number of thiophene rings is 1. The number of carbonyl (C=O) groups is 1. The number of nitrogens with zero attached hydrogens (tertiary/aromatic N) is 2. The fraction of sp³-hybridized carbons (Fsp3) is 0.318. The van der Waals surface area contributed by atoms with Gasteiger partial charge < -0.3 is 10.4 Å². The van der Waals surface area contributed by atoms with Crippen molar-refractivity contribution in [3.05, 3.63) is 74.8 Å². The monoisotopic (exact) mass is 522 g/mol. The van der Waals surface area contributed by atoms with Gasteiger partial charge in [0.2, 0.25) is 5.78 Å². The van der Waals surface area contributed by atoms with Crippen LogP contribution in [0.25, 0.3) is 0 Å². The Bertz CT molecular complexity index is 1270. The molecule has 1 unspecified atom stereocenters. The van der Waals surface area contributed by atoms with Crippen LogP contribution in [-0.2, 0) is 14.5 Å². The molecule has 0 spiro atoms. The van der Waals surface area contributed by atoms with Crippen LogP contribution in [0.1, 0.15) is 51.7 Å². The summed E-state index contributed by atoms with van der Waals surface area (Å²) in [5.41, 5.74) is 1.42. The molecule has 0 radical (unpaired) electrons. The average molecular weight is 523 g/mol. The Morgan fingerprint density at radius 1 is 1.32 bits per heavy atom. The molecule has 1 aliphatic carbocycles. The summed E-state index contributed by atoms with van der Waals surface area (Å²) in [6.07, 6.45) is 3.99. The van der Waals surface area contributed by atoms with E-state index in [9.17, 15) is 18.3 Å². The Kier molecular flexibility index (Phi) is 7.60. The summed E-state index contributed by atoms with van der Waals surface area (Å²) >= 11 is 7.46. The van der Waals surface area contributed by atoms with Crippen LogP contribution in [-0.4, -0.2) is 41.9 Å². The first-order valence-electron chi connectivity index (χ1n) is 10.5. The number of aromatic nitrogens is 2. The molecule has 1 fully saturated rings. The van der Waals surface area contributed by atoms with Crippen LogP contribution >= 0.6 is 22.9 Å². The Morgan fingerprint density at radius 2 is 2.09 bits per heavy atom. The smallest absolute Gasteiger partial charge is 0.333 e. The molecule has 2 heterocycles. The lowest BCUT2D eigenvalue weighted by atomic mass is 10.0. The molecule has 1 saturated carbocycles. The van der Waals surface area contributed by atoms with Crippen molar-refractivity contribution >= 4 is 44.8 Å². The lowest BCUT2D eigenvalue weighted by Gasteiger charge is -2.15. The summed E-state index contributed by atoms with van der Waals surface area (Å²) in [6, 6.07) is 10.6. The third-order valence-electron chi connectivity index (χ3n) is 5.65. The molecule has 2 aromatic heterocycles. The molecule has 4 rings (SSSR count). The number of rotatable bonds is 9. The molecule has 0 saturated heterocycles. The summed E-state index contributed by atoms with van der Waals surface area (Å²) in [7, 11) is -3.98. The number of ketones is 1. The predicted molar refractivity (Wildman–Crippen MR) is 129 cm³/mol. The van der Waals surface area contributed by atoms with Gasteiger partial charge >= 0.3 is 10.3 Å². The van der Waals surface area contributed by atoms with Crippen molar-refractivity contribution in [2.75, 3.05) is 11.9 Å². The standard InChI is InChI=1S/C22H23ClN4O5S2/c23-21-16(19(28)14-4-2-1-3-5-14)9-18(33-21)20(29)17-10-25-12-26-22(17)27-15-7-6-13(8-15)11-32-34(24,30)31/h1-5,9-10,12-13,15,19,28H,6-8,11H2,(H2,24,30,31)(H,25,26,27)/t13-,15+,19?/m1/s1. The Hall–Kier alpha value is -2.41. The number of carbonyl (C=O) groups excluding carboxylic acids is 1. The van der Waals surface area contributed by atoms with Crippen LogP contribution in [0.3, 0.4) is 0 Å². The molecule has 180 valence electrons. The van der Waals surface area contributed by atoms with E-state index in [0.717, 1.165) is 24.2 Å². The van der Waals surface area contributed by atoms with Crippen LogP contribution < -0.4 is 10.5 Å². The normalized spacial score (nSPS) is 19.1. The molecule has 1 aromatic carbocycles. The lowest BCUT2D eigenvalue weighted by Crippen LogP contribution is -2.22. The summed E-state index contributed by atoms with van der Waals surface area (Å²) in [5.74, 6) is 0.0938. The molecule has 3 atom stereocenters. The molecule has 3 aromatic rings. The first kappa shape index (κ1) is 24.7. The maximum atomic E-state index is 13.3. The Labute approximate surface area is 206 Å². The minimum absolute atomic E-state index is 0.0158. The van der Waals surface area contributed by atoms with Gasteiger partial charge in [0.1, 0.15) is 18.2 Å². The van der Waals surface area contributed by atoms with Crippen molar-refractivity contribution < 1.29 is 22.5 Å². The van der Waals surface area contributed by atoms with E-state index in [1.165, 1.54) is 12.5 Å². The van der Waals surface area contributed by atoms with E-state index in [-0.39, 0.29) is 29.9 Å². The largest absolute Gasteiger partial charge is 0.384 e. The van der Waals surface area contributed by atoms with Crippen LogP contribution in [0, 0.1) is 5.92 Å². The van der Waals surface area contributed by atoms with Gasteiger partial charge in [0.05, 0.1) is 21.4 Å². The summed E-state index contributed by atoms with van der Waals surface area (Å²) in [6.45, 7) is 0.0206. The van der Waals surface area contributed by atoms with Gasteiger partial charge in [0.25, 0.3) is 0 Å². The van der Waals surface area contributed by atoms with Crippen molar-refractivity contribution in [3.8, 4) is 0 Å². The van der Waals surface area contributed by atoms with Gasteiger partial charge in [-0.2, -0.15) is 8.42 Å². The number of hydrogen-bond donors (Lipinski definition) is 3. The predicted octanol–water partition coefficient (Wildman–Crippen LogP) is 3.30. The third kappa shape index (κ3) is 5.98. The lowest BCUT2D eigenvalue weighted by molar-refractivity contribution is 0.104. The topological polar surface area (TPSA) is 144 Å². The minimum Gasteiger partial charge on any atom is -0.384 e. The van der Waals surface area contributed by atoms with E-state index < -0.39 is 16.4 Å². The molecule has 0 aliphatic heterocycles. The van der Waals surface area contributed by atoms with Crippen molar-refractivity contribution in [1.29, 1.82) is 0 Å². The van der Waals surface area contributed by atoms with Gasteiger partial charge in [-0.15, -0.1) is 11.3 Å². The maximum absolute atomic E-state index is 13.3. The zero-order chi connectivity index (χ0) is 24.3. The van der Waals surface area contributed by atoms with E-state index in [0.29, 0.717) is 32.6 Å². The van der Waals surface area contributed by atoms with Crippen molar-refractivity contribution in [3.63, 3.8) is 0 Å². The fourth-order valence-corrected chi connectivity index (χ4v) is 5.64. The zero-order valence-corrected chi connectivity index (χ0v) is 20.3. The summed E-state index contributed by atoms with van der Waals surface area (Å²) in [5, 5.41) is 18.9. The molecule has 0 amide bonds. The molecule has 34 heavy (non-hydrogen) atoms. The molecular weight excluding hydrogens is 500 g/mol. The number of halogens is 1. The second kappa shape index (κ2) is 10.5. The van der Waals surface area contributed by atoms with Crippen LogP contribution in [0.5, 0.6) is 0 Å². The van der Waals surface area contributed by atoms with E-state index in [1.807, 2.05) is 18.2 Å². The van der Waals surface area contributed by atoms with Gasteiger partial charge in [0, 0.05) is 17.8 Å². The fourth-order valence-electron chi connectivity index (χ4n) is 3.98. The number of anilines is 1. The first-order valence-corrected chi connectivity index (χ1v) is 13.2. The van der Waals surface area contributed by atoms with E-state index in [2.05, 4.69) is 15.3 Å². The highest BCUT2D eigenvalue weighted by Gasteiger charge is 2.28. The second-order valence-electron chi connectivity index (χ2n) is 8.06. The molecule has 0 bridgehead atoms. The van der Waals surface area contributed by atoms with Gasteiger partial charge in [0.15, 0.2) is 0 Å². The first-order chi connectivity index (χ1) is 16.2. The second-order valence-corrected chi connectivity index (χ2v) is 10.9. The Balaban J connectivity index is 1.48. The van der Waals surface area contributed by atoms with Gasteiger partial charge in [-0.25, -0.2) is 15.1 Å². The van der Waals surface area contributed by atoms with E-state index >= 15 is 0 Å². The highest BCUT2D eigenvalue weighted by Crippen LogP contribution is 2.37. The zero-order valence-electron chi connectivity index (χ0n) is 17.9. The summed E-state index contributed by atoms with van der Waals surface area (Å²) < 4.78 is 27.1. The molecule has 4 N–H and O–H groups in total. The minimum atomic E-state index is -3.98. The van der Waals surface area contributed by atoms with Crippen LogP contribution in [0.4, 0.5) is 5.82 Å². The van der Waals surface area contributed by atoms with Crippen LogP contribution in [0.15, 0.2) is 48.9 Å². The maximum Gasteiger partial charge on any atom is 0.333 e. The SMILES string of the molecule is NS(=O)(=O)OC[C@@H]1CC[C@H](Nc2ncncc2C(=O)c2cc(C(O)c3ccccc3)c(Cl)s2)C1. The van der Waals surface area contributed by atoms with Gasteiger partial charge in [-0.05, 0) is 36.8 Å². The van der Waals surface area contributed by atoms with Crippen LogP contribution in [0.2, 0.25) is 4.34 Å². The van der Waals surface area contributed by atoms with E-state index in [4.69, 9.17) is 20.9 Å². The Morgan fingerprint density at radius 3 is 2.82 bits per heavy atom. The van der Waals surface area contributed by atoms with Crippen molar-refractivity contribution in [2.24, 2.45) is 11.1 Å². The number of benzene rings is 1. The molecule has 9 nitrogen and oxygen atoms in total. The number of nitrogens with two attached hydrogens (primary N) is 1. The highest BCUT2D eigenvalue weighted by molar-refractivity contribution is 7.84. The quantitative estimate of drug-likeness (QED) is 0.363. The third-order valence-corrected chi connectivity index (χ3v) is 7.51. The number of nitrogens with one attached hydrogen (secondary N) is 1. The average Bonchev–Trinajstić information content (AvgIpc) is 3.43. The molecule has 12 heteroatoms. The number of aliphatic hydroxyl groups excluding tert-OH is 1. The van der Waals surface area contributed by atoms with Crippen molar-refractivity contribution in [2.45, 2.75) is 31.4 Å². The number of aliphatic hydroxyl groups is 1. The number of hydrogen-bond acceptors (Lipinski definition) is 9. The van der Waals surface area contributed by atoms with Crippen molar-refractivity contribution in [1.82, 2.24) is 9.97 Å². The molecular formula is C22H23ClN4O5S2.